The quantitative estimate of drug-likeness (QED) is 0.560. The van der Waals surface area contributed by atoms with Crippen molar-refractivity contribution >= 4 is 39.7 Å². The summed E-state index contributed by atoms with van der Waals surface area (Å²) in [6.45, 7) is 2.68. The first kappa shape index (κ1) is 19.6. The van der Waals surface area contributed by atoms with E-state index in [2.05, 4.69) is 22.7 Å². The van der Waals surface area contributed by atoms with Crippen LogP contribution >= 0.6 is 11.6 Å². The molecule has 1 aliphatic heterocycles. The number of hydrogen-bond acceptors (Lipinski definition) is 6. The van der Waals surface area contributed by atoms with Gasteiger partial charge >= 0.3 is 0 Å². The number of amidine groups is 1. The van der Waals surface area contributed by atoms with Crippen LogP contribution in [0.2, 0.25) is 5.02 Å². The van der Waals surface area contributed by atoms with Gasteiger partial charge in [-0.1, -0.05) is 30.7 Å². The predicted octanol–water partition coefficient (Wildman–Crippen LogP) is 4.35. The fourth-order valence-corrected chi connectivity index (χ4v) is 3.63. The Labute approximate surface area is 174 Å². The van der Waals surface area contributed by atoms with Crippen molar-refractivity contribution in [2.45, 2.75) is 19.7 Å². The Kier molecular flexibility index (Phi) is 5.62. The van der Waals surface area contributed by atoms with E-state index in [1.54, 1.807) is 13.3 Å². The van der Waals surface area contributed by atoms with Gasteiger partial charge in [-0.3, -0.25) is 5.01 Å². The zero-order valence-electron chi connectivity index (χ0n) is 16.6. The summed E-state index contributed by atoms with van der Waals surface area (Å²) in [6.07, 6.45) is 2.20. The first-order valence-corrected chi connectivity index (χ1v) is 9.91. The van der Waals surface area contributed by atoms with Gasteiger partial charge in [-0.2, -0.15) is 0 Å². The molecular formula is C21H24ClN5O2. The molecule has 8 heteroatoms. The number of para-hydroxylation sites is 1. The molecule has 0 saturated carbocycles. The summed E-state index contributed by atoms with van der Waals surface area (Å²) in [7, 11) is 3.51. The molecule has 2 aromatic carbocycles. The molecule has 1 aliphatic rings. The second-order valence-corrected chi connectivity index (χ2v) is 7.05. The van der Waals surface area contributed by atoms with E-state index in [1.807, 2.05) is 48.5 Å². The lowest BCUT2D eigenvalue weighted by molar-refractivity contribution is 0.0505. The average Bonchev–Trinajstić information content (AvgIpc) is 3.13. The van der Waals surface area contributed by atoms with Gasteiger partial charge in [-0.15, -0.1) is 0 Å². The van der Waals surface area contributed by atoms with Crippen LogP contribution in [-0.4, -0.2) is 37.9 Å². The Balaban J connectivity index is 1.79. The zero-order chi connectivity index (χ0) is 20.4. The van der Waals surface area contributed by atoms with Gasteiger partial charge < -0.3 is 19.8 Å². The van der Waals surface area contributed by atoms with Gasteiger partial charge in [0.25, 0.3) is 0 Å². The average molecular weight is 414 g/mol. The van der Waals surface area contributed by atoms with Crippen LogP contribution in [0.25, 0.3) is 10.9 Å². The van der Waals surface area contributed by atoms with E-state index in [4.69, 9.17) is 26.1 Å². The molecule has 0 spiro atoms. The molecule has 0 fully saturated rings. The SMILES string of the molecule is CCCOC1N=C(Nc2cccc3c(Cl)c[nH]c23)c2cc(OC)ccc2N1NC. The molecule has 152 valence electrons. The number of aromatic nitrogens is 1. The molecule has 0 bridgehead atoms. The minimum Gasteiger partial charge on any atom is -0.497 e. The van der Waals surface area contributed by atoms with Gasteiger partial charge in [0.15, 0.2) is 0 Å². The number of aliphatic imine (C=N–C) groups is 1. The highest BCUT2D eigenvalue weighted by Gasteiger charge is 2.29. The number of rotatable bonds is 6. The van der Waals surface area contributed by atoms with Crippen molar-refractivity contribution in [1.82, 2.24) is 10.4 Å². The molecule has 4 rings (SSSR count). The van der Waals surface area contributed by atoms with Crippen molar-refractivity contribution in [1.29, 1.82) is 0 Å². The number of hydrazine groups is 1. The van der Waals surface area contributed by atoms with Crippen LogP contribution in [0.4, 0.5) is 11.4 Å². The number of aromatic amines is 1. The Hall–Kier alpha value is -2.74. The minimum absolute atomic E-state index is 0.491. The summed E-state index contributed by atoms with van der Waals surface area (Å²) < 4.78 is 11.4. The molecule has 3 aromatic rings. The van der Waals surface area contributed by atoms with Crippen LogP contribution in [-0.2, 0) is 4.74 Å². The van der Waals surface area contributed by atoms with E-state index in [-0.39, 0.29) is 0 Å². The summed E-state index contributed by atoms with van der Waals surface area (Å²) in [5.41, 5.74) is 6.84. The standard InChI is InChI=1S/C21H24ClN5O2/c1-4-10-29-21-26-20(15-11-13(28-3)8-9-18(15)27(21)23-2)25-17-7-5-6-14-16(22)12-24-19(14)17/h5-9,11-12,21,23-24H,4,10H2,1-3H3,(H,25,26). The van der Waals surface area contributed by atoms with E-state index >= 15 is 0 Å². The minimum atomic E-state index is -0.491. The Morgan fingerprint density at radius 3 is 2.90 bits per heavy atom. The number of hydrogen-bond donors (Lipinski definition) is 3. The smallest absolute Gasteiger partial charge is 0.243 e. The fourth-order valence-electron chi connectivity index (χ4n) is 3.42. The third-order valence-corrected chi connectivity index (χ3v) is 5.12. The van der Waals surface area contributed by atoms with E-state index in [1.165, 1.54) is 0 Å². The maximum absolute atomic E-state index is 6.29. The molecule has 2 heterocycles. The number of methoxy groups -OCH3 is 1. The van der Waals surface area contributed by atoms with Crippen molar-refractivity contribution in [3.05, 3.63) is 53.2 Å². The Morgan fingerprint density at radius 1 is 1.28 bits per heavy atom. The molecule has 0 radical (unpaired) electrons. The van der Waals surface area contributed by atoms with Gasteiger partial charge in [0, 0.05) is 24.2 Å². The molecule has 1 atom stereocenters. The number of ether oxygens (including phenoxy) is 2. The fraction of sp³-hybridized carbons (Fsp3) is 0.286. The first-order chi connectivity index (χ1) is 14.2. The first-order valence-electron chi connectivity index (χ1n) is 9.53. The summed E-state index contributed by atoms with van der Waals surface area (Å²) in [4.78, 5) is 8.07. The Bertz CT molecular complexity index is 1050. The van der Waals surface area contributed by atoms with Crippen molar-refractivity contribution in [3.8, 4) is 5.75 Å². The maximum Gasteiger partial charge on any atom is 0.243 e. The van der Waals surface area contributed by atoms with Gasteiger partial charge in [-0.25, -0.2) is 10.4 Å². The van der Waals surface area contributed by atoms with Crippen LogP contribution in [0.5, 0.6) is 5.75 Å². The molecule has 1 unspecified atom stereocenters. The van der Waals surface area contributed by atoms with Crippen molar-refractivity contribution in [2.75, 3.05) is 31.1 Å². The van der Waals surface area contributed by atoms with Gasteiger partial charge in [0.1, 0.15) is 11.6 Å². The van der Waals surface area contributed by atoms with E-state index < -0.39 is 6.35 Å². The summed E-state index contributed by atoms with van der Waals surface area (Å²) in [5, 5.41) is 7.01. The number of H-pyrrole nitrogens is 1. The molecule has 0 amide bonds. The Morgan fingerprint density at radius 2 is 2.14 bits per heavy atom. The molecule has 1 aromatic heterocycles. The molecule has 29 heavy (non-hydrogen) atoms. The zero-order valence-corrected chi connectivity index (χ0v) is 17.4. The summed E-state index contributed by atoms with van der Waals surface area (Å²) in [5.74, 6) is 1.45. The highest BCUT2D eigenvalue weighted by Crippen LogP contribution is 2.33. The molecule has 0 saturated heterocycles. The van der Waals surface area contributed by atoms with Crippen molar-refractivity contribution in [3.63, 3.8) is 0 Å². The van der Waals surface area contributed by atoms with Crippen LogP contribution in [0, 0.1) is 0 Å². The number of nitrogens with zero attached hydrogens (tertiary/aromatic N) is 2. The van der Waals surface area contributed by atoms with Crippen molar-refractivity contribution < 1.29 is 9.47 Å². The normalized spacial score (nSPS) is 15.9. The topological polar surface area (TPSA) is 73.9 Å². The number of nitrogens with one attached hydrogen (secondary N) is 3. The number of halogens is 1. The van der Waals surface area contributed by atoms with E-state index in [9.17, 15) is 0 Å². The highest BCUT2D eigenvalue weighted by atomic mass is 35.5. The molecule has 3 N–H and O–H groups in total. The monoisotopic (exact) mass is 413 g/mol. The van der Waals surface area contributed by atoms with Gasteiger partial charge in [-0.05, 0) is 30.7 Å². The van der Waals surface area contributed by atoms with Crippen LogP contribution < -0.4 is 20.5 Å². The number of anilines is 2. The molecular weight excluding hydrogens is 390 g/mol. The number of benzene rings is 2. The second kappa shape index (κ2) is 8.32. The predicted molar refractivity (Wildman–Crippen MR) is 118 cm³/mol. The van der Waals surface area contributed by atoms with E-state index in [0.717, 1.165) is 40.0 Å². The lowest BCUT2D eigenvalue weighted by Crippen LogP contribution is -2.48. The van der Waals surface area contributed by atoms with Gasteiger partial charge in [0.2, 0.25) is 6.35 Å². The lowest BCUT2D eigenvalue weighted by Gasteiger charge is -2.35. The molecule has 7 nitrogen and oxygen atoms in total. The number of fused-ring (bicyclic) bond motifs is 2. The summed E-state index contributed by atoms with van der Waals surface area (Å²) in [6, 6.07) is 11.8. The third-order valence-electron chi connectivity index (χ3n) is 4.81. The lowest BCUT2D eigenvalue weighted by atomic mass is 10.1. The van der Waals surface area contributed by atoms with Crippen molar-refractivity contribution in [2.24, 2.45) is 4.99 Å². The van der Waals surface area contributed by atoms with Crippen LogP contribution in [0.15, 0.2) is 47.6 Å². The highest BCUT2D eigenvalue weighted by molar-refractivity contribution is 6.36. The third kappa shape index (κ3) is 3.64. The largest absolute Gasteiger partial charge is 0.497 e. The second-order valence-electron chi connectivity index (χ2n) is 6.64. The van der Waals surface area contributed by atoms with E-state index in [0.29, 0.717) is 17.5 Å². The van der Waals surface area contributed by atoms with Crippen LogP contribution in [0.1, 0.15) is 18.9 Å². The van der Waals surface area contributed by atoms with Crippen LogP contribution in [0.3, 0.4) is 0 Å². The maximum atomic E-state index is 6.29. The molecule has 0 aliphatic carbocycles. The van der Waals surface area contributed by atoms with Gasteiger partial charge in [0.05, 0.1) is 35.6 Å². The summed E-state index contributed by atoms with van der Waals surface area (Å²) >= 11 is 6.29.